The van der Waals surface area contributed by atoms with Gasteiger partial charge in [-0.25, -0.2) is 4.98 Å². The van der Waals surface area contributed by atoms with Crippen molar-refractivity contribution < 1.29 is 23.0 Å². The number of carbonyl (C=O) groups is 1. The Morgan fingerprint density at radius 1 is 0.975 bits per heavy atom. The number of hydrogen-bond donors (Lipinski definition) is 1. The standard InChI is InChI=1S/C31H23ClF2N2O3S/c32-25-18-23(12-15-27(25)39-31(33)34)35-29(37)17-22(30-36-26-8-4-5-9-28(26)40-30)16-20-10-13-24(14-11-20)38-19-21-6-2-1-3-7-21/h1-16,18,31H,17,19H2,(H,35,37)/b22-16-. The molecule has 9 heteroatoms. The minimum Gasteiger partial charge on any atom is -0.489 e. The molecule has 0 unspecified atom stereocenters. The van der Waals surface area contributed by atoms with Crippen LogP contribution in [0.2, 0.25) is 5.02 Å². The van der Waals surface area contributed by atoms with E-state index in [-0.39, 0.29) is 23.1 Å². The molecule has 1 heterocycles. The third-order valence-corrected chi connectivity index (χ3v) is 7.23. The van der Waals surface area contributed by atoms with E-state index in [4.69, 9.17) is 21.3 Å². The summed E-state index contributed by atoms with van der Waals surface area (Å²) >= 11 is 7.54. The van der Waals surface area contributed by atoms with Crippen LogP contribution >= 0.6 is 22.9 Å². The van der Waals surface area contributed by atoms with E-state index in [1.165, 1.54) is 29.5 Å². The van der Waals surface area contributed by atoms with E-state index < -0.39 is 6.61 Å². The lowest BCUT2D eigenvalue weighted by Gasteiger charge is -2.11. The first kappa shape index (κ1) is 27.3. The number of ether oxygens (including phenoxy) is 2. The number of aromatic nitrogens is 1. The Bertz CT molecular complexity index is 1610. The summed E-state index contributed by atoms with van der Waals surface area (Å²) in [5.74, 6) is 0.254. The number of halogens is 3. The highest BCUT2D eigenvalue weighted by Gasteiger charge is 2.15. The van der Waals surface area contributed by atoms with Gasteiger partial charge in [-0.3, -0.25) is 4.79 Å². The van der Waals surface area contributed by atoms with E-state index in [1.807, 2.05) is 84.9 Å². The van der Waals surface area contributed by atoms with Crippen LogP contribution in [0, 0.1) is 0 Å². The number of nitrogens with zero attached hydrogens (tertiary/aromatic N) is 1. The van der Waals surface area contributed by atoms with Gasteiger partial charge in [0, 0.05) is 5.69 Å². The van der Waals surface area contributed by atoms with Crippen LogP contribution in [0.1, 0.15) is 22.6 Å². The van der Waals surface area contributed by atoms with Gasteiger partial charge in [-0.1, -0.05) is 66.2 Å². The number of alkyl halides is 2. The average Bonchev–Trinajstić information content (AvgIpc) is 3.39. The van der Waals surface area contributed by atoms with Crippen molar-refractivity contribution in [2.75, 3.05) is 5.32 Å². The quantitative estimate of drug-likeness (QED) is 0.181. The molecule has 0 aliphatic carbocycles. The molecule has 4 aromatic carbocycles. The molecule has 5 rings (SSSR count). The zero-order chi connectivity index (χ0) is 27.9. The Morgan fingerprint density at radius 3 is 2.45 bits per heavy atom. The topological polar surface area (TPSA) is 60.5 Å². The monoisotopic (exact) mass is 576 g/mol. The van der Waals surface area contributed by atoms with Crippen LogP contribution in [0.4, 0.5) is 14.5 Å². The maximum atomic E-state index is 13.1. The molecule has 0 saturated heterocycles. The summed E-state index contributed by atoms with van der Waals surface area (Å²) in [6, 6.07) is 29.4. The molecule has 5 aromatic rings. The molecule has 0 saturated carbocycles. The summed E-state index contributed by atoms with van der Waals surface area (Å²) in [4.78, 5) is 17.8. The van der Waals surface area contributed by atoms with Crippen molar-refractivity contribution in [3.8, 4) is 11.5 Å². The lowest BCUT2D eigenvalue weighted by atomic mass is 10.1. The van der Waals surface area contributed by atoms with Gasteiger partial charge in [0.2, 0.25) is 5.91 Å². The molecule has 0 fully saturated rings. The van der Waals surface area contributed by atoms with E-state index in [2.05, 4.69) is 10.1 Å². The number of para-hydroxylation sites is 1. The zero-order valence-corrected chi connectivity index (χ0v) is 22.6. The van der Waals surface area contributed by atoms with Gasteiger partial charge in [0.05, 0.1) is 21.7 Å². The van der Waals surface area contributed by atoms with Gasteiger partial charge in [-0.2, -0.15) is 8.78 Å². The number of thiazole rings is 1. The Morgan fingerprint density at radius 2 is 1.73 bits per heavy atom. The number of amides is 1. The first-order valence-electron chi connectivity index (χ1n) is 12.3. The van der Waals surface area contributed by atoms with Crippen LogP contribution in [0.5, 0.6) is 11.5 Å². The first-order valence-corrected chi connectivity index (χ1v) is 13.5. The summed E-state index contributed by atoms with van der Waals surface area (Å²) in [5, 5.41) is 3.46. The summed E-state index contributed by atoms with van der Waals surface area (Å²) < 4.78 is 36.3. The Kier molecular flexibility index (Phi) is 8.68. The van der Waals surface area contributed by atoms with Crippen LogP contribution in [0.15, 0.2) is 97.1 Å². The Hall–Kier alpha value is -4.27. The third-order valence-electron chi connectivity index (χ3n) is 5.82. The number of hydrogen-bond acceptors (Lipinski definition) is 5. The smallest absolute Gasteiger partial charge is 0.387 e. The minimum atomic E-state index is -3.00. The lowest BCUT2D eigenvalue weighted by Crippen LogP contribution is -2.12. The van der Waals surface area contributed by atoms with E-state index in [0.717, 1.165) is 37.7 Å². The molecule has 1 amide bonds. The van der Waals surface area contributed by atoms with E-state index >= 15 is 0 Å². The molecule has 0 atom stereocenters. The molecular formula is C31H23ClF2N2O3S. The van der Waals surface area contributed by atoms with Gasteiger partial charge in [0.15, 0.2) is 0 Å². The SMILES string of the molecule is O=C(C/C(=C/c1ccc(OCc2ccccc2)cc1)c1nc2ccccc2s1)Nc1ccc(OC(F)F)c(Cl)c1. The predicted molar refractivity (Wildman–Crippen MR) is 156 cm³/mol. The highest BCUT2D eigenvalue weighted by molar-refractivity contribution is 7.19. The fraction of sp³-hybridized carbons (Fsp3) is 0.0968. The molecule has 5 nitrogen and oxygen atoms in total. The molecule has 0 aliphatic heterocycles. The highest BCUT2D eigenvalue weighted by Crippen LogP contribution is 2.32. The number of rotatable bonds is 10. The van der Waals surface area contributed by atoms with Gasteiger partial charge >= 0.3 is 6.61 Å². The van der Waals surface area contributed by atoms with Crippen LogP contribution in [-0.2, 0) is 11.4 Å². The van der Waals surface area contributed by atoms with Crippen molar-refractivity contribution in [2.24, 2.45) is 0 Å². The van der Waals surface area contributed by atoms with Gasteiger partial charge in [-0.15, -0.1) is 11.3 Å². The second-order valence-electron chi connectivity index (χ2n) is 8.75. The van der Waals surface area contributed by atoms with Crippen molar-refractivity contribution in [2.45, 2.75) is 19.6 Å². The number of anilines is 1. The molecule has 1 N–H and O–H groups in total. The molecule has 40 heavy (non-hydrogen) atoms. The van der Waals surface area contributed by atoms with Gasteiger partial charge in [0.1, 0.15) is 23.1 Å². The van der Waals surface area contributed by atoms with Crippen molar-refractivity contribution in [1.82, 2.24) is 4.98 Å². The number of nitrogens with one attached hydrogen (secondary N) is 1. The van der Waals surface area contributed by atoms with Crippen LogP contribution in [0.3, 0.4) is 0 Å². The van der Waals surface area contributed by atoms with Gasteiger partial charge < -0.3 is 14.8 Å². The molecule has 0 spiro atoms. The number of carbonyl (C=O) groups excluding carboxylic acids is 1. The molecule has 0 aliphatic rings. The van der Waals surface area contributed by atoms with Crippen LogP contribution < -0.4 is 14.8 Å². The average molecular weight is 577 g/mol. The normalized spacial score (nSPS) is 11.6. The number of benzene rings is 4. The summed E-state index contributed by atoms with van der Waals surface area (Å²) in [7, 11) is 0. The molecular weight excluding hydrogens is 554 g/mol. The fourth-order valence-electron chi connectivity index (χ4n) is 3.95. The van der Waals surface area contributed by atoms with Crippen molar-refractivity contribution in [1.29, 1.82) is 0 Å². The van der Waals surface area contributed by atoms with Crippen molar-refractivity contribution >= 4 is 56.4 Å². The Labute approximate surface area is 238 Å². The first-order chi connectivity index (χ1) is 19.4. The van der Waals surface area contributed by atoms with Crippen LogP contribution in [-0.4, -0.2) is 17.5 Å². The van der Waals surface area contributed by atoms with Crippen molar-refractivity contribution in [3.63, 3.8) is 0 Å². The fourth-order valence-corrected chi connectivity index (χ4v) is 5.15. The lowest BCUT2D eigenvalue weighted by molar-refractivity contribution is -0.115. The van der Waals surface area contributed by atoms with E-state index in [0.29, 0.717) is 12.3 Å². The highest BCUT2D eigenvalue weighted by atomic mass is 35.5. The maximum absolute atomic E-state index is 13.1. The summed E-state index contributed by atoms with van der Waals surface area (Å²) in [6.07, 6.45) is 1.95. The third kappa shape index (κ3) is 7.22. The molecule has 202 valence electrons. The Balaban J connectivity index is 1.35. The van der Waals surface area contributed by atoms with Gasteiger partial charge in [0.25, 0.3) is 0 Å². The second-order valence-corrected chi connectivity index (χ2v) is 10.2. The van der Waals surface area contributed by atoms with E-state index in [9.17, 15) is 13.6 Å². The number of fused-ring (bicyclic) bond motifs is 1. The minimum absolute atomic E-state index is 0.0268. The van der Waals surface area contributed by atoms with E-state index in [1.54, 1.807) is 0 Å². The molecule has 1 aromatic heterocycles. The predicted octanol–water partition coefficient (Wildman–Crippen LogP) is 8.70. The summed E-state index contributed by atoms with van der Waals surface area (Å²) in [5.41, 5.74) is 3.89. The van der Waals surface area contributed by atoms with Crippen LogP contribution in [0.25, 0.3) is 21.9 Å². The maximum Gasteiger partial charge on any atom is 0.387 e. The molecule has 0 bridgehead atoms. The zero-order valence-electron chi connectivity index (χ0n) is 21.0. The molecule has 0 radical (unpaired) electrons. The second kappa shape index (κ2) is 12.7. The largest absolute Gasteiger partial charge is 0.489 e. The summed E-state index contributed by atoms with van der Waals surface area (Å²) in [6.45, 7) is -2.53. The van der Waals surface area contributed by atoms with Crippen molar-refractivity contribution in [3.05, 3.63) is 118 Å². The van der Waals surface area contributed by atoms with Gasteiger partial charge in [-0.05, 0) is 65.2 Å².